The number of aryl methyl sites for hydroxylation is 1. The number of carbonyl (C=O) groups excluding carboxylic acids is 1. The number of unbranched alkanes of at least 4 members (excludes halogenated alkanes) is 1. The molecule has 0 bridgehead atoms. The fourth-order valence-electron chi connectivity index (χ4n) is 3.80. The molecule has 2 fully saturated rings. The second-order valence-electron chi connectivity index (χ2n) is 7.09. The number of nitrogens with one attached hydrogen (secondary N) is 1. The number of hydrogen-bond acceptors (Lipinski definition) is 3. The lowest BCUT2D eigenvalue weighted by molar-refractivity contribution is -0.144. The molecule has 2 heterocycles. The highest BCUT2D eigenvalue weighted by molar-refractivity contribution is 5.76. The van der Waals surface area contributed by atoms with Gasteiger partial charge in [-0.25, -0.2) is 0 Å². The van der Waals surface area contributed by atoms with Crippen molar-refractivity contribution < 1.29 is 14.3 Å². The van der Waals surface area contributed by atoms with Crippen molar-refractivity contribution in [3.8, 4) is 0 Å². The normalized spacial score (nSPS) is 23.1. The maximum atomic E-state index is 12.2. The summed E-state index contributed by atoms with van der Waals surface area (Å²) >= 11 is 0. The van der Waals surface area contributed by atoms with E-state index in [1.807, 2.05) is 6.07 Å². The van der Waals surface area contributed by atoms with Crippen LogP contribution >= 0.6 is 0 Å². The first-order chi connectivity index (χ1) is 11.8. The Hall–Kier alpha value is -1.39. The molecular weight excluding hydrogens is 302 g/mol. The molecule has 0 aliphatic carbocycles. The van der Waals surface area contributed by atoms with E-state index in [0.29, 0.717) is 6.42 Å². The van der Waals surface area contributed by atoms with E-state index in [1.165, 1.54) is 5.56 Å². The standard InChI is InChI=1S/C20H29NO3/c22-19(9-5-4-8-17-6-2-1-3-7-17)21-18-10-13-24-20(16-18)11-14-23-15-12-20/h1-3,6-7,18H,4-5,8-16H2,(H,21,22). The molecule has 1 N–H and O–H groups in total. The average Bonchev–Trinajstić information content (AvgIpc) is 2.60. The Kier molecular flexibility index (Phi) is 6.27. The van der Waals surface area contributed by atoms with E-state index in [0.717, 1.165) is 64.8 Å². The van der Waals surface area contributed by atoms with Crippen molar-refractivity contribution in [2.24, 2.45) is 0 Å². The molecule has 0 saturated carbocycles. The van der Waals surface area contributed by atoms with Gasteiger partial charge in [0.1, 0.15) is 0 Å². The predicted octanol–water partition coefficient (Wildman–Crippen LogP) is 3.24. The van der Waals surface area contributed by atoms with Crippen molar-refractivity contribution in [3.63, 3.8) is 0 Å². The quantitative estimate of drug-likeness (QED) is 0.814. The van der Waals surface area contributed by atoms with Gasteiger partial charge in [0.05, 0.1) is 5.60 Å². The minimum absolute atomic E-state index is 0.0538. The third-order valence-corrected chi connectivity index (χ3v) is 5.22. The summed E-state index contributed by atoms with van der Waals surface area (Å²) in [5.41, 5.74) is 1.30. The molecule has 0 aromatic heterocycles. The molecule has 4 heteroatoms. The van der Waals surface area contributed by atoms with Crippen LogP contribution in [0.5, 0.6) is 0 Å². The van der Waals surface area contributed by atoms with E-state index in [4.69, 9.17) is 9.47 Å². The summed E-state index contributed by atoms with van der Waals surface area (Å²) in [6, 6.07) is 10.7. The van der Waals surface area contributed by atoms with E-state index in [1.54, 1.807) is 0 Å². The Morgan fingerprint density at radius 3 is 2.71 bits per heavy atom. The number of benzene rings is 1. The highest BCUT2D eigenvalue weighted by Gasteiger charge is 2.39. The second kappa shape index (κ2) is 8.63. The topological polar surface area (TPSA) is 47.6 Å². The molecule has 0 radical (unpaired) electrons. The van der Waals surface area contributed by atoms with Crippen molar-refractivity contribution >= 4 is 5.91 Å². The van der Waals surface area contributed by atoms with Gasteiger partial charge in [-0.2, -0.15) is 0 Å². The lowest BCUT2D eigenvalue weighted by Gasteiger charge is -2.43. The maximum Gasteiger partial charge on any atom is 0.220 e. The summed E-state index contributed by atoms with van der Waals surface area (Å²) in [7, 11) is 0. The number of rotatable bonds is 6. The third kappa shape index (κ3) is 5.05. The Balaban J connectivity index is 1.35. The van der Waals surface area contributed by atoms with Crippen molar-refractivity contribution in [2.75, 3.05) is 19.8 Å². The van der Waals surface area contributed by atoms with E-state index >= 15 is 0 Å². The number of ether oxygens (including phenoxy) is 2. The summed E-state index contributed by atoms with van der Waals surface area (Å²) in [5.74, 6) is 0.192. The third-order valence-electron chi connectivity index (χ3n) is 5.22. The fraction of sp³-hybridized carbons (Fsp3) is 0.650. The summed E-state index contributed by atoms with van der Waals surface area (Å²) in [6.45, 7) is 2.30. The van der Waals surface area contributed by atoms with Gasteiger partial charge in [0.25, 0.3) is 0 Å². The van der Waals surface area contributed by atoms with Crippen LogP contribution in [0.3, 0.4) is 0 Å². The second-order valence-corrected chi connectivity index (χ2v) is 7.09. The zero-order valence-corrected chi connectivity index (χ0v) is 14.5. The van der Waals surface area contributed by atoms with Gasteiger partial charge in [-0.05, 0) is 50.5 Å². The van der Waals surface area contributed by atoms with E-state index in [9.17, 15) is 4.79 Å². The number of carbonyl (C=O) groups is 1. The zero-order valence-electron chi connectivity index (χ0n) is 14.5. The predicted molar refractivity (Wildman–Crippen MR) is 93.9 cm³/mol. The van der Waals surface area contributed by atoms with Gasteiger partial charge in [0.15, 0.2) is 0 Å². The number of hydrogen-bond donors (Lipinski definition) is 1. The molecule has 24 heavy (non-hydrogen) atoms. The molecular formula is C20H29NO3. The Morgan fingerprint density at radius 1 is 1.12 bits per heavy atom. The number of amides is 1. The SMILES string of the molecule is O=C(CCCCc1ccccc1)NC1CCOC2(CCOCC2)C1. The van der Waals surface area contributed by atoms with Crippen LogP contribution in [0.4, 0.5) is 0 Å². The molecule has 2 aliphatic heterocycles. The molecule has 132 valence electrons. The largest absolute Gasteiger partial charge is 0.381 e. The van der Waals surface area contributed by atoms with E-state index < -0.39 is 0 Å². The van der Waals surface area contributed by atoms with Gasteiger partial charge in [-0.3, -0.25) is 4.79 Å². The molecule has 1 amide bonds. The molecule has 3 rings (SSSR count). The van der Waals surface area contributed by atoms with Crippen LogP contribution in [-0.2, 0) is 20.7 Å². The Bertz CT molecular complexity index is 505. The van der Waals surface area contributed by atoms with Crippen molar-refractivity contribution in [3.05, 3.63) is 35.9 Å². The molecule has 4 nitrogen and oxygen atoms in total. The van der Waals surface area contributed by atoms with Gasteiger partial charge in [0, 0.05) is 32.3 Å². The molecule has 1 spiro atoms. The van der Waals surface area contributed by atoms with Crippen molar-refractivity contribution in [2.45, 2.75) is 63.0 Å². The van der Waals surface area contributed by atoms with E-state index in [-0.39, 0.29) is 17.6 Å². The maximum absolute atomic E-state index is 12.2. The van der Waals surface area contributed by atoms with Crippen LogP contribution in [0.15, 0.2) is 30.3 Å². The minimum Gasteiger partial charge on any atom is -0.381 e. The average molecular weight is 331 g/mol. The highest BCUT2D eigenvalue weighted by atomic mass is 16.5. The van der Waals surface area contributed by atoms with Crippen LogP contribution in [0, 0.1) is 0 Å². The van der Waals surface area contributed by atoms with Gasteiger partial charge >= 0.3 is 0 Å². The monoisotopic (exact) mass is 331 g/mol. The van der Waals surface area contributed by atoms with Crippen LogP contribution in [0.2, 0.25) is 0 Å². The zero-order chi connectivity index (χ0) is 16.7. The van der Waals surface area contributed by atoms with Gasteiger partial charge in [-0.1, -0.05) is 30.3 Å². The first-order valence-corrected chi connectivity index (χ1v) is 9.31. The van der Waals surface area contributed by atoms with Crippen LogP contribution in [0.25, 0.3) is 0 Å². The van der Waals surface area contributed by atoms with Gasteiger partial charge in [-0.15, -0.1) is 0 Å². The van der Waals surface area contributed by atoms with Crippen LogP contribution in [0.1, 0.15) is 50.5 Å². The summed E-state index contributed by atoms with van der Waals surface area (Å²) in [5, 5.41) is 3.23. The Labute approximate surface area is 144 Å². The molecule has 1 aromatic rings. The minimum atomic E-state index is -0.0538. The van der Waals surface area contributed by atoms with Crippen LogP contribution in [-0.4, -0.2) is 37.4 Å². The molecule has 2 saturated heterocycles. The smallest absolute Gasteiger partial charge is 0.220 e. The molecule has 1 atom stereocenters. The van der Waals surface area contributed by atoms with Gasteiger partial charge < -0.3 is 14.8 Å². The molecule has 2 aliphatic rings. The lowest BCUT2D eigenvalue weighted by Crippen LogP contribution is -2.51. The van der Waals surface area contributed by atoms with Crippen molar-refractivity contribution in [1.82, 2.24) is 5.32 Å². The molecule has 1 aromatic carbocycles. The first-order valence-electron chi connectivity index (χ1n) is 9.31. The molecule has 1 unspecified atom stereocenters. The van der Waals surface area contributed by atoms with Gasteiger partial charge in [0.2, 0.25) is 5.91 Å². The summed E-state index contributed by atoms with van der Waals surface area (Å²) in [6.07, 6.45) is 7.46. The first kappa shape index (κ1) is 17.4. The van der Waals surface area contributed by atoms with Crippen molar-refractivity contribution in [1.29, 1.82) is 0 Å². The van der Waals surface area contributed by atoms with Crippen LogP contribution < -0.4 is 5.32 Å². The van der Waals surface area contributed by atoms with E-state index in [2.05, 4.69) is 29.6 Å². The Morgan fingerprint density at radius 2 is 1.92 bits per heavy atom. The lowest BCUT2D eigenvalue weighted by atomic mass is 9.84. The summed E-state index contributed by atoms with van der Waals surface area (Å²) in [4.78, 5) is 12.2. The fourth-order valence-corrected chi connectivity index (χ4v) is 3.80. The highest BCUT2D eigenvalue weighted by Crippen LogP contribution is 2.34. The summed E-state index contributed by atoms with van der Waals surface area (Å²) < 4.78 is 11.5.